The van der Waals surface area contributed by atoms with Crippen LogP contribution >= 0.6 is 0 Å². The lowest BCUT2D eigenvalue weighted by Gasteiger charge is -2.07. The van der Waals surface area contributed by atoms with Crippen LogP contribution in [0.4, 0.5) is 0 Å². The third kappa shape index (κ3) is 11.2. The zero-order chi connectivity index (χ0) is 11.5. The Morgan fingerprint density at radius 1 is 1.47 bits per heavy atom. The van der Waals surface area contributed by atoms with E-state index in [1.54, 1.807) is 0 Å². The molecule has 0 aromatic carbocycles. The van der Waals surface area contributed by atoms with Gasteiger partial charge in [-0.3, -0.25) is 4.99 Å². The van der Waals surface area contributed by atoms with Crippen LogP contribution in [-0.4, -0.2) is 32.3 Å². The van der Waals surface area contributed by atoms with Crippen molar-refractivity contribution in [1.82, 2.24) is 5.32 Å². The van der Waals surface area contributed by atoms with Crippen LogP contribution in [0.1, 0.15) is 33.6 Å². The Bertz CT molecular complexity index is 169. The normalized spacial score (nSPS) is 12.1. The van der Waals surface area contributed by atoms with Crippen molar-refractivity contribution in [3.05, 3.63) is 0 Å². The van der Waals surface area contributed by atoms with Gasteiger partial charge >= 0.3 is 0 Å². The van der Waals surface area contributed by atoms with Crippen molar-refractivity contribution in [2.45, 2.75) is 33.6 Å². The van der Waals surface area contributed by atoms with E-state index in [0.29, 0.717) is 11.9 Å². The number of hydrogen-bond acceptors (Lipinski definition) is 2. The summed E-state index contributed by atoms with van der Waals surface area (Å²) in [6.45, 7) is 9.55. The van der Waals surface area contributed by atoms with E-state index < -0.39 is 0 Å². The Morgan fingerprint density at radius 3 is 2.80 bits per heavy atom. The third-order valence-electron chi connectivity index (χ3n) is 1.96. The molecule has 15 heavy (non-hydrogen) atoms. The van der Waals surface area contributed by atoms with Gasteiger partial charge in [-0.05, 0) is 25.7 Å². The average Bonchev–Trinajstić information content (AvgIpc) is 2.17. The van der Waals surface area contributed by atoms with Gasteiger partial charge in [0, 0.05) is 26.3 Å². The number of aliphatic imine (C=N–C) groups is 1. The highest BCUT2D eigenvalue weighted by Gasteiger charge is 1.94. The second kappa shape index (κ2) is 9.77. The second-order valence-corrected chi connectivity index (χ2v) is 3.93. The quantitative estimate of drug-likeness (QED) is 0.365. The van der Waals surface area contributed by atoms with Gasteiger partial charge in [-0.2, -0.15) is 0 Å². The maximum absolute atomic E-state index is 5.67. The predicted molar refractivity (Wildman–Crippen MR) is 65.1 cm³/mol. The molecule has 0 unspecified atom stereocenters. The van der Waals surface area contributed by atoms with Crippen molar-refractivity contribution >= 4 is 5.96 Å². The fraction of sp³-hybridized carbons (Fsp3) is 0.909. The van der Waals surface area contributed by atoms with Gasteiger partial charge in [0.25, 0.3) is 0 Å². The van der Waals surface area contributed by atoms with E-state index in [1.165, 1.54) is 0 Å². The number of hydrogen-bond donors (Lipinski definition) is 2. The predicted octanol–water partition coefficient (Wildman–Crippen LogP) is 1.36. The van der Waals surface area contributed by atoms with Gasteiger partial charge < -0.3 is 15.8 Å². The molecule has 0 saturated heterocycles. The smallest absolute Gasteiger partial charge is 0.188 e. The maximum Gasteiger partial charge on any atom is 0.188 e. The summed E-state index contributed by atoms with van der Waals surface area (Å²) in [4.78, 5) is 4.20. The number of nitrogens with two attached hydrogens (primary N) is 1. The van der Waals surface area contributed by atoms with Gasteiger partial charge in [0.1, 0.15) is 0 Å². The molecule has 0 saturated carbocycles. The first-order chi connectivity index (χ1) is 7.16. The molecular formula is C11H25N3O. The molecule has 90 valence electrons. The van der Waals surface area contributed by atoms with Crippen LogP contribution in [0.3, 0.4) is 0 Å². The van der Waals surface area contributed by atoms with E-state index in [1.807, 2.05) is 6.92 Å². The molecule has 0 spiro atoms. The molecule has 3 N–H and O–H groups in total. The summed E-state index contributed by atoms with van der Waals surface area (Å²) < 4.78 is 5.20. The van der Waals surface area contributed by atoms with Crippen LogP contribution < -0.4 is 11.1 Å². The Kier molecular flexibility index (Phi) is 9.27. The van der Waals surface area contributed by atoms with Crippen LogP contribution in [0.25, 0.3) is 0 Å². The number of nitrogens with zero attached hydrogens (tertiary/aromatic N) is 1. The first kappa shape index (κ1) is 14.2. The summed E-state index contributed by atoms with van der Waals surface area (Å²) in [6, 6.07) is 0. The van der Waals surface area contributed by atoms with Crippen LogP contribution in [0.15, 0.2) is 4.99 Å². The van der Waals surface area contributed by atoms with Gasteiger partial charge in [-0.1, -0.05) is 13.8 Å². The molecule has 0 bridgehead atoms. The van der Waals surface area contributed by atoms with Crippen LogP contribution in [0.5, 0.6) is 0 Å². The van der Waals surface area contributed by atoms with Gasteiger partial charge in [0.2, 0.25) is 0 Å². The summed E-state index contributed by atoms with van der Waals surface area (Å²) >= 11 is 0. The minimum atomic E-state index is 0.548. The third-order valence-corrected chi connectivity index (χ3v) is 1.96. The summed E-state index contributed by atoms with van der Waals surface area (Å²) in [5, 5.41) is 3.09. The maximum atomic E-state index is 5.67. The first-order valence-electron chi connectivity index (χ1n) is 5.78. The molecule has 0 rings (SSSR count). The molecule has 4 heteroatoms. The topological polar surface area (TPSA) is 59.6 Å². The standard InChI is InChI=1S/C11H25N3O/c1-4-15-9-5-7-13-11(12)14-8-6-10(2)3/h10H,4-9H2,1-3H3,(H3,12,13,14). The summed E-state index contributed by atoms with van der Waals surface area (Å²) in [7, 11) is 0. The van der Waals surface area contributed by atoms with Crippen molar-refractivity contribution < 1.29 is 4.74 Å². The molecule has 0 aliphatic heterocycles. The SMILES string of the molecule is CCOCCCN=C(N)NCCC(C)C. The molecule has 0 heterocycles. The molecule has 0 radical (unpaired) electrons. The molecule has 0 aromatic rings. The van der Waals surface area contributed by atoms with Crippen LogP contribution in [-0.2, 0) is 4.74 Å². The molecule has 0 amide bonds. The van der Waals surface area contributed by atoms with Crippen molar-refractivity contribution in [3.8, 4) is 0 Å². The van der Waals surface area contributed by atoms with Crippen molar-refractivity contribution in [3.63, 3.8) is 0 Å². The number of rotatable bonds is 8. The van der Waals surface area contributed by atoms with Gasteiger partial charge in [0.15, 0.2) is 5.96 Å². The summed E-state index contributed by atoms with van der Waals surface area (Å²) in [5.41, 5.74) is 5.67. The molecule has 0 aromatic heterocycles. The van der Waals surface area contributed by atoms with Gasteiger partial charge in [0.05, 0.1) is 0 Å². The highest BCUT2D eigenvalue weighted by atomic mass is 16.5. The van der Waals surface area contributed by atoms with E-state index in [2.05, 4.69) is 24.2 Å². The zero-order valence-electron chi connectivity index (χ0n) is 10.3. The van der Waals surface area contributed by atoms with Crippen molar-refractivity contribution in [2.75, 3.05) is 26.3 Å². The molecule has 0 fully saturated rings. The van der Waals surface area contributed by atoms with Crippen molar-refractivity contribution in [1.29, 1.82) is 0 Å². The monoisotopic (exact) mass is 215 g/mol. The highest BCUT2D eigenvalue weighted by Crippen LogP contribution is 1.95. The number of guanidine groups is 1. The van der Waals surface area contributed by atoms with E-state index in [0.717, 1.165) is 39.1 Å². The lowest BCUT2D eigenvalue weighted by atomic mass is 10.1. The number of nitrogens with one attached hydrogen (secondary N) is 1. The highest BCUT2D eigenvalue weighted by molar-refractivity contribution is 5.77. The minimum absolute atomic E-state index is 0.548. The van der Waals surface area contributed by atoms with E-state index in [-0.39, 0.29) is 0 Å². The van der Waals surface area contributed by atoms with E-state index in [9.17, 15) is 0 Å². The van der Waals surface area contributed by atoms with E-state index >= 15 is 0 Å². The lowest BCUT2D eigenvalue weighted by molar-refractivity contribution is 0.146. The summed E-state index contributed by atoms with van der Waals surface area (Å²) in [5.74, 6) is 1.25. The Balaban J connectivity index is 3.35. The zero-order valence-corrected chi connectivity index (χ0v) is 10.3. The molecule has 0 aliphatic rings. The molecule has 0 atom stereocenters. The molecular weight excluding hydrogens is 190 g/mol. The van der Waals surface area contributed by atoms with Crippen LogP contribution in [0.2, 0.25) is 0 Å². The van der Waals surface area contributed by atoms with Crippen molar-refractivity contribution in [2.24, 2.45) is 16.6 Å². The Morgan fingerprint density at radius 2 is 2.20 bits per heavy atom. The molecule has 0 aliphatic carbocycles. The second-order valence-electron chi connectivity index (χ2n) is 3.93. The fourth-order valence-corrected chi connectivity index (χ4v) is 1.06. The average molecular weight is 215 g/mol. The Labute approximate surface area is 93.3 Å². The van der Waals surface area contributed by atoms with Gasteiger partial charge in [-0.25, -0.2) is 0 Å². The van der Waals surface area contributed by atoms with E-state index in [4.69, 9.17) is 10.5 Å². The number of ether oxygens (including phenoxy) is 1. The lowest BCUT2D eigenvalue weighted by Crippen LogP contribution is -2.33. The van der Waals surface area contributed by atoms with Crippen LogP contribution in [0, 0.1) is 5.92 Å². The Hall–Kier alpha value is -0.770. The van der Waals surface area contributed by atoms with Gasteiger partial charge in [-0.15, -0.1) is 0 Å². The fourth-order valence-electron chi connectivity index (χ4n) is 1.06. The molecule has 4 nitrogen and oxygen atoms in total. The summed E-state index contributed by atoms with van der Waals surface area (Å²) in [6.07, 6.45) is 2.05. The minimum Gasteiger partial charge on any atom is -0.382 e. The largest absolute Gasteiger partial charge is 0.382 e. The first-order valence-corrected chi connectivity index (χ1v) is 5.78.